The van der Waals surface area contributed by atoms with Gasteiger partial charge in [-0.15, -0.1) is 10.2 Å². The highest BCUT2D eigenvalue weighted by Crippen LogP contribution is 2.28. The van der Waals surface area contributed by atoms with Gasteiger partial charge >= 0.3 is 0 Å². The van der Waals surface area contributed by atoms with Crippen LogP contribution in [0.15, 0.2) is 60.7 Å². The summed E-state index contributed by atoms with van der Waals surface area (Å²) in [6.45, 7) is 1.76. The molecule has 8 nitrogen and oxygen atoms in total. The zero-order valence-electron chi connectivity index (χ0n) is 17.3. The molecule has 1 amide bonds. The van der Waals surface area contributed by atoms with E-state index in [0.717, 1.165) is 32.4 Å². The summed E-state index contributed by atoms with van der Waals surface area (Å²) in [5.74, 6) is 0.768. The molecule has 2 heterocycles. The Labute approximate surface area is 190 Å². The molecule has 0 spiro atoms. The first-order valence-electron chi connectivity index (χ1n) is 10.4. The average molecular weight is 452 g/mol. The number of piperidine rings is 1. The number of nitrogens with one attached hydrogen (secondary N) is 1. The number of rotatable bonds is 6. The number of nitro benzene ring substituents is 1. The maximum absolute atomic E-state index is 12.5. The van der Waals surface area contributed by atoms with Crippen LogP contribution in [-0.4, -0.2) is 34.1 Å². The minimum Gasteiger partial charge on any atom is -0.355 e. The van der Waals surface area contributed by atoms with Crippen molar-refractivity contribution in [2.75, 3.05) is 23.3 Å². The molecule has 0 saturated carbocycles. The van der Waals surface area contributed by atoms with Gasteiger partial charge in [-0.25, -0.2) is 0 Å². The van der Waals surface area contributed by atoms with E-state index in [9.17, 15) is 14.9 Å². The summed E-state index contributed by atoms with van der Waals surface area (Å²) in [6, 6.07) is 17.8. The topological polar surface area (TPSA) is 101 Å². The van der Waals surface area contributed by atoms with Gasteiger partial charge in [0, 0.05) is 24.2 Å². The van der Waals surface area contributed by atoms with Crippen LogP contribution in [0.2, 0.25) is 5.02 Å². The fourth-order valence-corrected chi connectivity index (χ4v) is 4.05. The molecule has 2 aromatic carbocycles. The quantitative estimate of drug-likeness (QED) is 0.428. The van der Waals surface area contributed by atoms with Crippen LogP contribution in [0.4, 0.5) is 17.2 Å². The second kappa shape index (κ2) is 9.74. The van der Waals surface area contributed by atoms with Gasteiger partial charge in [-0.2, -0.15) is 0 Å². The van der Waals surface area contributed by atoms with Crippen LogP contribution < -0.4 is 10.2 Å². The molecular weight excluding hydrogens is 430 g/mol. The number of nitrogens with zero attached hydrogens (tertiary/aromatic N) is 4. The second-order valence-corrected chi connectivity index (χ2v) is 8.21. The second-order valence-electron chi connectivity index (χ2n) is 7.77. The highest BCUT2D eigenvalue weighted by Gasteiger charge is 2.22. The summed E-state index contributed by atoms with van der Waals surface area (Å²) in [6.07, 6.45) is 3.21. The van der Waals surface area contributed by atoms with E-state index in [2.05, 4.69) is 44.7 Å². The largest absolute Gasteiger partial charge is 0.355 e. The van der Waals surface area contributed by atoms with Gasteiger partial charge in [0.2, 0.25) is 0 Å². The monoisotopic (exact) mass is 451 g/mol. The van der Waals surface area contributed by atoms with E-state index in [0.29, 0.717) is 11.7 Å². The van der Waals surface area contributed by atoms with Crippen molar-refractivity contribution in [2.45, 2.75) is 19.3 Å². The van der Waals surface area contributed by atoms with Crippen LogP contribution >= 0.6 is 11.6 Å². The maximum Gasteiger partial charge on any atom is 0.292 e. The highest BCUT2D eigenvalue weighted by atomic mass is 35.5. The van der Waals surface area contributed by atoms with Gasteiger partial charge in [-0.1, -0.05) is 41.9 Å². The number of carbonyl (C=O) groups excluding carboxylic acids is 1. The van der Waals surface area contributed by atoms with E-state index in [-0.39, 0.29) is 22.1 Å². The van der Waals surface area contributed by atoms with Gasteiger partial charge in [0.25, 0.3) is 11.6 Å². The fraction of sp³-hybridized carbons (Fsp3) is 0.261. The predicted octanol–water partition coefficient (Wildman–Crippen LogP) is 4.75. The Kier molecular flexibility index (Phi) is 6.61. The Hall–Kier alpha value is -3.52. The molecule has 164 valence electrons. The number of carbonyl (C=O) groups is 1. The summed E-state index contributed by atoms with van der Waals surface area (Å²) >= 11 is 5.91. The number of hydrogen-bond donors (Lipinski definition) is 1. The predicted molar refractivity (Wildman–Crippen MR) is 123 cm³/mol. The van der Waals surface area contributed by atoms with Crippen molar-refractivity contribution in [3.8, 4) is 0 Å². The molecule has 4 rings (SSSR count). The van der Waals surface area contributed by atoms with Crippen molar-refractivity contribution in [1.82, 2.24) is 10.2 Å². The zero-order valence-corrected chi connectivity index (χ0v) is 18.0. The minimum absolute atomic E-state index is 0.0128. The lowest BCUT2D eigenvalue weighted by Crippen LogP contribution is -2.35. The zero-order chi connectivity index (χ0) is 22.5. The lowest BCUT2D eigenvalue weighted by molar-refractivity contribution is -0.383. The average Bonchev–Trinajstić information content (AvgIpc) is 2.80. The van der Waals surface area contributed by atoms with Gasteiger partial charge in [0.05, 0.1) is 4.92 Å². The van der Waals surface area contributed by atoms with Gasteiger partial charge < -0.3 is 10.2 Å². The molecule has 32 heavy (non-hydrogen) atoms. The Morgan fingerprint density at radius 2 is 1.84 bits per heavy atom. The molecule has 0 atom stereocenters. The number of amides is 1. The van der Waals surface area contributed by atoms with E-state index in [4.69, 9.17) is 11.6 Å². The maximum atomic E-state index is 12.5. The number of anilines is 2. The van der Waals surface area contributed by atoms with Crippen molar-refractivity contribution in [3.63, 3.8) is 0 Å². The Balaban J connectivity index is 1.36. The molecule has 0 unspecified atom stereocenters. The Bertz CT molecular complexity index is 1100. The molecule has 0 bridgehead atoms. The number of halogens is 1. The molecule has 1 aliphatic heterocycles. The first kappa shape index (κ1) is 21.7. The summed E-state index contributed by atoms with van der Waals surface area (Å²) in [5.41, 5.74) is 1.20. The van der Waals surface area contributed by atoms with Crippen LogP contribution in [0.3, 0.4) is 0 Å². The molecular formula is C23H22ClN5O3. The first-order valence-corrected chi connectivity index (χ1v) is 10.8. The number of aromatic nitrogens is 2. The minimum atomic E-state index is -0.587. The third-order valence-electron chi connectivity index (χ3n) is 5.59. The lowest BCUT2D eigenvalue weighted by Gasteiger charge is -2.32. The van der Waals surface area contributed by atoms with Crippen LogP contribution in [-0.2, 0) is 6.42 Å². The number of nitro groups is 1. The third kappa shape index (κ3) is 5.20. The van der Waals surface area contributed by atoms with E-state index >= 15 is 0 Å². The molecule has 1 aromatic heterocycles. The molecule has 1 aliphatic rings. The molecule has 3 aromatic rings. The summed E-state index contributed by atoms with van der Waals surface area (Å²) in [7, 11) is 0. The molecule has 1 N–H and O–H groups in total. The smallest absolute Gasteiger partial charge is 0.292 e. The normalized spacial score (nSPS) is 14.2. The van der Waals surface area contributed by atoms with Crippen molar-refractivity contribution < 1.29 is 9.72 Å². The lowest BCUT2D eigenvalue weighted by atomic mass is 9.90. The standard InChI is InChI=1S/C23H22ClN5O3/c24-18-6-8-21(29(31)32)20(15-18)25-23(30)19-7-9-22(27-26-19)28-12-10-17(11-13-28)14-16-4-2-1-3-5-16/h1-9,15,17H,10-14H2,(H,25,30). The summed E-state index contributed by atoms with van der Waals surface area (Å²) < 4.78 is 0. The van der Waals surface area contributed by atoms with E-state index in [1.807, 2.05) is 6.07 Å². The van der Waals surface area contributed by atoms with Gasteiger partial charge in [0.15, 0.2) is 11.5 Å². The Morgan fingerprint density at radius 1 is 1.09 bits per heavy atom. The molecule has 0 radical (unpaired) electrons. The van der Waals surface area contributed by atoms with Crippen molar-refractivity contribution in [1.29, 1.82) is 0 Å². The molecule has 1 saturated heterocycles. The molecule has 9 heteroatoms. The Morgan fingerprint density at radius 3 is 2.50 bits per heavy atom. The first-order chi connectivity index (χ1) is 15.5. The molecule has 0 aliphatic carbocycles. The summed E-state index contributed by atoms with van der Waals surface area (Å²) in [4.78, 5) is 25.3. The highest BCUT2D eigenvalue weighted by molar-refractivity contribution is 6.31. The van der Waals surface area contributed by atoms with Gasteiger partial charge in [-0.05, 0) is 55.0 Å². The van der Waals surface area contributed by atoms with E-state index in [1.165, 1.54) is 23.8 Å². The van der Waals surface area contributed by atoms with Crippen LogP contribution in [0.5, 0.6) is 0 Å². The fourth-order valence-electron chi connectivity index (χ4n) is 3.88. The van der Waals surface area contributed by atoms with Crippen molar-refractivity contribution >= 4 is 34.7 Å². The van der Waals surface area contributed by atoms with Gasteiger partial charge in [0.1, 0.15) is 5.69 Å². The van der Waals surface area contributed by atoms with E-state index in [1.54, 1.807) is 12.1 Å². The SMILES string of the molecule is O=C(Nc1cc(Cl)ccc1[N+](=O)[O-])c1ccc(N2CCC(Cc3ccccc3)CC2)nn1. The summed E-state index contributed by atoms with van der Waals surface area (Å²) in [5, 5.41) is 22.2. The van der Waals surface area contributed by atoms with Crippen molar-refractivity contribution in [2.24, 2.45) is 5.92 Å². The van der Waals surface area contributed by atoms with Crippen LogP contribution in [0, 0.1) is 16.0 Å². The molecule has 1 fully saturated rings. The number of benzene rings is 2. The number of hydrogen-bond acceptors (Lipinski definition) is 6. The van der Waals surface area contributed by atoms with Gasteiger partial charge in [-0.3, -0.25) is 14.9 Å². The third-order valence-corrected chi connectivity index (χ3v) is 5.83. The van der Waals surface area contributed by atoms with Crippen molar-refractivity contribution in [3.05, 3.63) is 87.1 Å². The van der Waals surface area contributed by atoms with E-state index < -0.39 is 10.8 Å². The van der Waals surface area contributed by atoms with Crippen LogP contribution in [0.25, 0.3) is 0 Å². The van der Waals surface area contributed by atoms with Crippen LogP contribution in [0.1, 0.15) is 28.9 Å².